The Kier molecular flexibility index (Phi) is 14.7. The molecule has 0 atom stereocenters. The average Bonchev–Trinajstić information content (AvgIpc) is 0.774. The Morgan fingerprint density at radius 2 is 0.679 bits per heavy atom. The van der Waals surface area contributed by atoms with E-state index in [0.717, 1.165) is 85.0 Å². The number of fused-ring (bicyclic) bond motifs is 14. The predicted octanol–water partition coefficient (Wildman–Crippen LogP) is 26.0. The first-order valence-electron chi connectivity index (χ1n) is 38.7. The fraction of sp³-hybridized carbons (Fsp3) is 0.280. The van der Waals surface area contributed by atoms with E-state index in [-0.39, 0.29) is 44.6 Å². The predicted molar refractivity (Wildman–Crippen MR) is 456 cm³/mol. The van der Waals surface area contributed by atoms with Crippen LogP contribution in [0.4, 0.5) is 34.1 Å². The Balaban J connectivity index is 0.935. The molecule has 528 valence electrons. The number of hydrogen-bond donors (Lipinski definition) is 0. The van der Waals surface area contributed by atoms with Crippen molar-refractivity contribution in [1.82, 2.24) is 9.13 Å². The minimum absolute atomic E-state index is 0.0301. The smallest absolute Gasteiger partial charge is 0.252 e. The third kappa shape index (κ3) is 10.7. The van der Waals surface area contributed by atoms with E-state index in [4.69, 9.17) is 4.42 Å². The number of furan rings is 1. The van der Waals surface area contributed by atoms with Gasteiger partial charge in [-0.15, -0.1) is 0 Å². The van der Waals surface area contributed by atoms with Crippen LogP contribution in [0.3, 0.4) is 0 Å². The number of para-hydroxylation sites is 1. The Labute approximate surface area is 627 Å². The first-order chi connectivity index (χ1) is 50.2. The van der Waals surface area contributed by atoms with Crippen LogP contribution >= 0.6 is 0 Å². The highest BCUT2D eigenvalue weighted by Crippen LogP contribution is 2.52. The molecule has 106 heavy (non-hydrogen) atoms. The highest BCUT2D eigenvalue weighted by Gasteiger charge is 2.45. The van der Waals surface area contributed by atoms with E-state index in [9.17, 15) is 0 Å². The van der Waals surface area contributed by atoms with Crippen molar-refractivity contribution < 1.29 is 4.42 Å². The Morgan fingerprint density at radius 3 is 1.15 bits per heavy atom. The van der Waals surface area contributed by atoms with Crippen molar-refractivity contribution in [3.8, 4) is 33.6 Å². The van der Waals surface area contributed by atoms with E-state index in [1.165, 1.54) is 116 Å². The van der Waals surface area contributed by atoms with Crippen molar-refractivity contribution in [3.63, 3.8) is 0 Å². The van der Waals surface area contributed by atoms with Gasteiger partial charge in [-0.25, -0.2) is 0 Å². The first kappa shape index (κ1) is 67.6. The molecule has 0 spiro atoms. The summed E-state index contributed by atoms with van der Waals surface area (Å²) < 4.78 is 12.0. The third-order valence-electron chi connectivity index (χ3n) is 24.6. The molecule has 0 saturated heterocycles. The molecule has 0 N–H and O–H groups in total. The lowest BCUT2D eigenvalue weighted by Gasteiger charge is -2.44. The molecular formula is C100H99BN4O. The Bertz CT molecular complexity index is 6020. The molecule has 18 rings (SSSR count). The Morgan fingerprint density at radius 1 is 0.292 bits per heavy atom. The largest absolute Gasteiger partial charge is 0.456 e. The summed E-state index contributed by atoms with van der Waals surface area (Å²) in [6.07, 6.45) is 2.35. The lowest BCUT2D eigenvalue weighted by atomic mass is 9.33. The van der Waals surface area contributed by atoms with Crippen LogP contribution in [0.25, 0.3) is 99.2 Å². The molecule has 6 heteroatoms. The van der Waals surface area contributed by atoms with Gasteiger partial charge in [0.1, 0.15) is 11.2 Å². The molecule has 0 fully saturated rings. The fourth-order valence-electron chi connectivity index (χ4n) is 18.0. The van der Waals surface area contributed by atoms with Gasteiger partial charge in [-0.2, -0.15) is 0 Å². The van der Waals surface area contributed by atoms with E-state index >= 15 is 0 Å². The maximum Gasteiger partial charge on any atom is 0.252 e. The number of aromatic nitrogens is 2. The quantitative estimate of drug-likeness (QED) is 0.155. The second kappa shape index (κ2) is 23.1. The fourth-order valence-corrected chi connectivity index (χ4v) is 18.0. The van der Waals surface area contributed by atoms with Crippen molar-refractivity contribution >= 4 is 123 Å². The number of anilines is 6. The van der Waals surface area contributed by atoms with Crippen LogP contribution < -0.4 is 26.2 Å². The molecule has 3 aliphatic rings. The minimum atomic E-state index is -0.191. The van der Waals surface area contributed by atoms with Crippen LogP contribution in [0.1, 0.15) is 183 Å². The van der Waals surface area contributed by atoms with Crippen molar-refractivity contribution in [3.05, 3.63) is 269 Å². The van der Waals surface area contributed by atoms with Gasteiger partial charge in [0.15, 0.2) is 0 Å². The van der Waals surface area contributed by atoms with Crippen molar-refractivity contribution in [2.75, 3.05) is 9.80 Å². The van der Waals surface area contributed by atoms with Gasteiger partial charge in [-0.3, -0.25) is 0 Å². The molecule has 0 amide bonds. The average molecular weight is 1380 g/mol. The van der Waals surface area contributed by atoms with Gasteiger partial charge >= 0.3 is 0 Å². The SMILES string of the molecule is CC(C)(C)c1ccc(-c2cc3c4c(c2)N(c2ccc5c(c2)oc2ccccc25)c2cc(-n5c6ccc(C(C)(C)C)cc6c6cc(C(C)(C)C)ccc65)ccc2B4c2ccc(-n4c5ccc(C(C)(C)C)cc5c5cc(C(C)(C)C)ccc54)cc2N3c2ccc(-c3ccc4c(c3)C(C)(C)CCC4(C)C)cc2)cc1. The van der Waals surface area contributed by atoms with Gasteiger partial charge in [0.05, 0.1) is 22.1 Å². The molecule has 0 unspecified atom stereocenters. The monoisotopic (exact) mass is 1380 g/mol. The van der Waals surface area contributed by atoms with E-state index in [1.54, 1.807) is 0 Å². The van der Waals surface area contributed by atoms with E-state index in [1.807, 2.05) is 0 Å². The molecule has 0 radical (unpaired) electrons. The number of nitrogens with zero attached hydrogens (tertiary/aromatic N) is 4. The van der Waals surface area contributed by atoms with Crippen LogP contribution in [-0.2, 0) is 37.9 Å². The summed E-state index contributed by atoms with van der Waals surface area (Å²) in [7, 11) is 0. The summed E-state index contributed by atoms with van der Waals surface area (Å²) in [6.45, 7) is 44.5. The van der Waals surface area contributed by atoms with Gasteiger partial charge in [-0.1, -0.05) is 241 Å². The summed E-state index contributed by atoms with van der Waals surface area (Å²) in [6, 6.07) is 90.5. The maximum atomic E-state index is 6.92. The van der Waals surface area contributed by atoms with Crippen LogP contribution in [0.2, 0.25) is 0 Å². The first-order valence-corrected chi connectivity index (χ1v) is 38.7. The molecule has 1 aliphatic carbocycles. The topological polar surface area (TPSA) is 29.5 Å². The minimum Gasteiger partial charge on any atom is -0.456 e. The third-order valence-corrected chi connectivity index (χ3v) is 24.6. The van der Waals surface area contributed by atoms with Crippen molar-refractivity contribution in [1.29, 1.82) is 0 Å². The second-order valence-corrected chi connectivity index (χ2v) is 37.8. The van der Waals surface area contributed by atoms with Gasteiger partial charge in [0.2, 0.25) is 0 Å². The summed E-state index contributed by atoms with van der Waals surface area (Å²) in [5.41, 5.74) is 33.5. The lowest BCUT2D eigenvalue weighted by Crippen LogP contribution is -2.61. The van der Waals surface area contributed by atoms with Crippen LogP contribution in [0.5, 0.6) is 0 Å². The lowest BCUT2D eigenvalue weighted by molar-refractivity contribution is 0.332. The highest BCUT2D eigenvalue weighted by molar-refractivity contribution is 7.00. The molecule has 5 heterocycles. The molecule has 0 bridgehead atoms. The van der Waals surface area contributed by atoms with Gasteiger partial charge in [-0.05, 0) is 244 Å². The zero-order valence-electron chi connectivity index (χ0n) is 65.6. The zero-order valence-corrected chi connectivity index (χ0v) is 65.6. The van der Waals surface area contributed by atoms with Crippen LogP contribution in [0.15, 0.2) is 235 Å². The number of hydrogen-bond acceptors (Lipinski definition) is 3. The zero-order chi connectivity index (χ0) is 74.0. The summed E-state index contributed by atoms with van der Waals surface area (Å²) >= 11 is 0. The summed E-state index contributed by atoms with van der Waals surface area (Å²) in [5, 5.41) is 7.29. The maximum absolute atomic E-state index is 6.92. The summed E-state index contributed by atoms with van der Waals surface area (Å²) in [5.74, 6) is 0. The molecule has 2 aliphatic heterocycles. The molecule has 3 aromatic heterocycles. The Hall–Kier alpha value is -10.3. The molecule has 15 aromatic rings. The van der Waals surface area contributed by atoms with E-state index < -0.39 is 0 Å². The van der Waals surface area contributed by atoms with E-state index in [2.05, 4.69) is 381 Å². The normalized spacial score (nSPS) is 15.1. The number of rotatable bonds is 6. The molecule has 12 aromatic carbocycles. The molecule has 5 nitrogen and oxygen atoms in total. The van der Waals surface area contributed by atoms with Gasteiger partial charge < -0.3 is 23.4 Å². The van der Waals surface area contributed by atoms with Gasteiger partial charge in [0, 0.05) is 83.9 Å². The van der Waals surface area contributed by atoms with Crippen molar-refractivity contribution in [2.24, 2.45) is 0 Å². The molecule has 0 saturated carbocycles. The standard InChI is InChI=1S/C100H99BN4O/c1-94(2,3)64-29-24-61(25-30-64)63-51-89-93-90(52-63)105(72-37-40-74-73-22-20-21-23-91(73)106-92(74)59-72)88-58-71(104-85-46-33-67(97(10,11)12)55-77(85)78-56-68(98(13,14)15)34-47-86(78)104)39-43-82(88)101(93)81-42-38-70(103-83-44-31-65(95(4,5)6)53-75(83)76-54-66(96(7,8)9)32-45-84(76)103)57-87(81)102(89)69-35-26-60(27-36-69)62-28-41-79-80(50-62)100(18,19)49-48-99(79,16)17/h20-47,50-59H,48-49H2,1-19H3. The second-order valence-electron chi connectivity index (χ2n) is 37.8. The molecular weight excluding hydrogens is 1280 g/mol. The number of benzene rings is 12. The van der Waals surface area contributed by atoms with Crippen LogP contribution in [0, 0.1) is 0 Å². The highest BCUT2D eigenvalue weighted by atomic mass is 16.3. The van der Waals surface area contributed by atoms with Gasteiger partial charge in [0.25, 0.3) is 6.71 Å². The summed E-state index contributed by atoms with van der Waals surface area (Å²) in [4.78, 5) is 5.22. The van der Waals surface area contributed by atoms with E-state index in [0.29, 0.717) is 0 Å². The van der Waals surface area contributed by atoms with Crippen LogP contribution in [-0.4, -0.2) is 15.8 Å². The van der Waals surface area contributed by atoms with Crippen molar-refractivity contribution in [2.45, 2.75) is 182 Å².